The molecule has 0 saturated carbocycles. The minimum absolute atomic E-state index is 0.00761. The molecule has 1 aromatic rings. The lowest BCUT2D eigenvalue weighted by Gasteiger charge is -2.29. The Labute approximate surface area is 124 Å². The van der Waals surface area contributed by atoms with Crippen molar-refractivity contribution in [2.75, 3.05) is 18.5 Å². The maximum Gasteiger partial charge on any atom is 0.253 e. The number of nitrogens with one attached hydrogen (secondary N) is 2. The Bertz CT molecular complexity index is 507. The minimum atomic E-state index is -0.330. The maximum atomic E-state index is 12.5. The Morgan fingerprint density at radius 1 is 1.55 bits per heavy atom. The predicted octanol–water partition coefficient (Wildman–Crippen LogP) is 3.07. The van der Waals surface area contributed by atoms with Crippen molar-refractivity contribution in [3.05, 3.63) is 28.8 Å². The van der Waals surface area contributed by atoms with E-state index in [-0.39, 0.29) is 17.6 Å². The summed E-state index contributed by atoms with van der Waals surface area (Å²) in [6.07, 6.45) is 0.824. The van der Waals surface area contributed by atoms with Crippen LogP contribution < -0.4 is 10.6 Å². The first-order valence-electron chi connectivity index (χ1n) is 6.94. The van der Waals surface area contributed by atoms with Gasteiger partial charge < -0.3 is 15.4 Å². The molecule has 0 bridgehead atoms. The number of anilines is 1. The summed E-state index contributed by atoms with van der Waals surface area (Å²) < 4.78 is 5.55. The first-order chi connectivity index (χ1) is 9.46. The quantitative estimate of drug-likeness (QED) is 0.898. The fourth-order valence-electron chi connectivity index (χ4n) is 2.37. The number of amides is 1. The second kappa shape index (κ2) is 6.02. The average Bonchev–Trinajstić information content (AvgIpc) is 2.71. The number of carbonyl (C=O) groups is 1. The van der Waals surface area contributed by atoms with Gasteiger partial charge in [0.1, 0.15) is 0 Å². The first-order valence-corrected chi connectivity index (χ1v) is 7.31. The number of ether oxygens (including phenoxy) is 1. The van der Waals surface area contributed by atoms with Crippen LogP contribution in [-0.2, 0) is 4.74 Å². The highest BCUT2D eigenvalue weighted by atomic mass is 35.5. The summed E-state index contributed by atoms with van der Waals surface area (Å²) in [5, 5.41) is 6.82. The van der Waals surface area contributed by atoms with Crippen molar-refractivity contribution in [3.63, 3.8) is 0 Å². The molecule has 1 fully saturated rings. The molecular formula is C15H21ClN2O2. The second-order valence-electron chi connectivity index (χ2n) is 5.35. The van der Waals surface area contributed by atoms with E-state index in [0.717, 1.165) is 18.7 Å². The summed E-state index contributed by atoms with van der Waals surface area (Å²) in [6.45, 7) is 7.41. The third-order valence-electron chi connectivity index (χ3n) is 3.88. The molecule has 5 heteroatoms. The SMILES string of the molecule is CCNc1ccc(Cl)cc1C(=O)NC1(C)CCOC1C. The molecule has 0 spiro atoms. The van der Waals surface area contributed by atoms with Crippen molar-refractivity contribution in [2.45, 2.75) is 38.8 Å². The summed E-state index contributed by atoms with van der Waals surface area (Å²) in [6, 6.07) is 5.30. The third kappa shape index (κ3) is 3.07. The predicted molar refractivity (Wildman–Crippen MR) is 81.5 cm³/mol. The van der Waals surface area contributed by atoms with Gasteiger partial charge in [-0.2, -0.15) is 0 Å². The Hall–Kier alpha value is -1.26. The Morgan fingerprint density at radius 2 is 2.30 bits per heavy atom. The van der Waals surface area contributed by atoms with Crippen molar-refractivity contribution < 1.29 is 9.53 Å². The Kier molecular flexibility index (Phi) is 4.55. The molecule has 1 aliphatic heterocycles. The average molecular weight is 297 g/mol. The molecule has 1 saturated heterocycles. The highest BCUT2D eigenvalue weighted by molar-refractivity contribution is 6.31. The largest absolute Gasteiger partial charge is 0.385 e. The molecule has 1 amide bonds. The molecule has 1 aliphatic rings. The second-order valence-corrected chi connectivity index (χ2v) is 5.79. The fraction of sp³-hybridized carbons (Fsp3) is 0.533. The molecule has 0 aliphatic carbocycles. The van der Waals surface area contributed by atoms with Crippen LogP contribution in [0.5, 0.6) is 0 Å². The van der Waals surface area contributed by atoms with Crippen molar-refractivity contribution >= 4 is 23.2 Å². The zero-order valence-corrected chi connectivity index (χ0v) is 12.9. The number of hydrogen-bond donors (Lipinski definition) is 2. The summed E-state index contributed by atoms with van der Waals surface area (Å²) in [5.41, 5.74) is 1.03. The van der Waals surface area contributed by atoms with Gasteiger partial charge in [0.15, 0.2) is 0 Å². The van der Waals surface area contributed by atoms with E-state index in [9.17, 15) is 4.79 Å². The lowest BCUT2D eigenvalue weighted by Crippen LogP contribution is -2.50. The molecule has 2 unspecified atom stereocenters. The lowest BCUT2D eigenvalue weighted by molar-refractivity contribution is 0.0728. The highest BCUT2D eigenvalue weighted by Gasteiger charge is 2.38. The van der Waals surface area contributed by atoms with Gasteiger partial charge in [0.05, 0.1) is 17.2 Å². The van der Waals surface area contributed by atoms with Gasteiger partial charge in [-0.05, 0) is 45.4 Å². The van der Waals surface area contributed by atoms with E-state index in [1.807, 2.05) is 26.8 Å². The number of hydrogen-bond acceptors (Lipinski definition) is 3. The number of halogens is 1. The molecule has 1 heterocycles. The molecule has 20 heavy (non-hydrogen) atoms. The van der Waals surface area contributed by atoms with Crippen molar-refractivity contribution in [3.8, 4) is 0 Å². The normalized spacial score (nSPS) is 25.5. The van der Waals surface area contributed by atoms with E-state index < -0.39 is 0 Å². The molecular weight excluding hydrogens is 276 g/mol. The van der Waals surface area contributed by atoms with Gasteiger partial charge in [-0.15, -0.1) is 0 Å². The number of carbonyl (C=O) groups excluding carboxylic acids is 1. The summed E-state index contributed by atoms with van der Waals surface area (Å²) in [7, 11) is 0. The first kappa shape index (κ1) is 15.1. The van der Waals surface area contributed by atoms with Crippen LogP contribution in [0.1, 0.15) is 37.6 Å². The molecule has 0 radical (unpaired) electrons. The van der Waals surface area contributed by atoms with Crippen LogP contribution in [0, 0.1) is 0 Å². The van der Waals surface area contributed by atoms with Crippen LogP contribution in [0.3, 0.4) is 0 Å². The van der Waals surface area contributed by atoms with Crippen LogP contribution in [-0.4, -0.2) is 30.7 Å². The van der Waals surface area contributed by atoms with E-state index in [4.69, 9.17) is 16.3 Å². The topological polar surface area (TPSA) is 50.4 Å². The van der Waals surface area contributed by atoms with Gasteiger partial charge in [-0.3, -0.25) is 4.79 Å². The van der Waals surface area contributed by atoms with E-state index >= 15 is 0 Å². The highest BCUT2D eigenvalue weighted by Crippen LogP contribution is 2.27. The molecule has 110 valence electrons. The third-order valence-corrected chi connectivity index (χ3v) is 4.11. The zero-order valence-electron chi connectivity index (χ0n) is 12.1. The van der Waals surface area contributed by atoms with Crippen molar-refractivity contribution in [2.24, 2.45) is 0 Å². The molecule has 0 aromatic heterocycles. The maximum absolute atomic E-state index is 12.5. The van der Waals surface area contributed by atoms with Gasteiger partial charge in [0.25, 0.3) is 5.91 Å². The smallest absolute Gasteiger partial charge is 0.253 e. The monoisotopic (exact) mass is 296 g/mol. The number of rotatable bonds is 4. The molecule has 2 rings (SSSR count). The molecule has 2 atom stereocenters. The summed E-state index contributed by atoms with van der Waals surface area (Å²) in [5.74, 6) is -0.122. The Morgan fingerprint density at radius 3 is 2.90 bits per heavy atom. The van der Waals surface area contributed by atoms with Crippen molar-refractivity contribution in [1.82, 2.24) is 5.32 Å². The van der Waals surface area contributed by atoms with Crippen LogP contribution in [0.15, 0.2) is 18.2 Å². The molecule has 2 N–H and O–H groups in total. The molecule has 1 aromatic carbocycles. The summed E-state index contributed by atoms with van der Waals surface area (Å²) in [4.78, 5) is 12.5. The fourth-order valence-corrected chi connectivity index (χ4v) is 2.55. The summed E-state index contributed by atoms with van der Waals surface area (Å²) >= 11 is 6.01. The minimum Gasteiger partial charge on any atom is -0.385 e. The van der Waals surface area contributed by atoms with Crippen LogP contribution in [0.4, 0.5) is 5.69 Å². The van der Waals surface area contributed by atoms with Gasteiger partial charge in [0, 0.05) is 23.9 Å². The molecule has 4 nitrogen and oxygen atoms in total. The standard InChI is InChI=1S/C15H21ClN2O2/c1-4-17-13-6-5-11(16)9-12(13)14(19)18-15(3)7-8-20-10(15)2/h5-6,9-10,17H,4,7-8H2,1-3H3,(H,18,19). The zero-order chi connectivity index (χ0) is 14.8. The van der Waals surface area contributed by atoms with Crippen molar-refractivity contribution in [1.29, 1.82) is 0 Å². The van der Waals surface area contributed by atoms with Gasteiger partial charge in [-0.25, -0.2) is 0 Å². The van der Waals surface area contributed by atoms with E-state index in [1.54, 1.807) is 12.1 Å². The van der Waals surface area contributed by atoms with Crippen LogP contribution in [0.25, 0.3) is 0 Å². The van der Waals surface area contributed by atoms with Gasteiger partial charge in [0.2, 0.25) is 0 Å². The Balaban J connectivity index is 2.22. The number of benzene rings is 1. The van der Waals surface area contributed by atoms with Gasteiger partial charge >= 0.3 is 0 Å². The lowest BCUT2D eigenvalue weighted by atomic mass is 9.94. The van der Waals surface area contributed by atoms with E-state index in [0.29, 0.717) is 17.2 Å². The van der Waals surface area contributed by atoms with E-state index in [1.165, 1.54) is 0 Å². The van der Waals surface area contributed by atoms with E-state index in [2.05, 4.69) is 10.6 Å². The van der Waals surface area contributed by atoms with Gasteiger partial charge in [-0.1, -0.05) is 11.6 Å². The van der Waals surface area contributed by atoms with Crippen LogP contribution >= 0.6 is 11.6 Å². The van der Waals surface area contributed by atoms with Crippen LogP contribution in [0.2, 0.25) is 5.02 Å².